The average Bonchev–Trinajstić information content (AvgIpc) is 2.17. The molecule has 0 amide bonds. The predicted octanol–water partition coefficient (Wildman–Crippen LogP) is 0.270. The first-order valence-corrected chi connectivity index (χ1v) is 2.98. The van der Waals surface area contributed by atoms with Crippen LogP contribution in [0.2, 0.25) is 0 Å². The van der Waals surface area contributed by atoms with Crippen molar-refractivity contribution < 1.29 is 0 Å². The van der Waals surface area contributed by atoms with Crippen LogP contribution in [0, 0.1) is 0 Å². The Morgan fingerprint density at radius 1 is 1.78 bits per heavy atom. The minimum atomic E-state index is 0.350. The normalized spacial score (nSPS) is 9.89. The van der Waals surface area contributed by atoms with Crippen LogP contribution in [-0.4, -0.2) is 14.8 Å². The van der Waals surface area contributed by atoms with Crippen molar-refractivity contribution in [3.63, 3.8) is 0 Å². The fraction of sp³-hybridized carbons (Fsp3) is 0.600. The summed E-state index contributed by atoms with van der Waals surface area (Å²) in [7, 11) is 0. The molecule has 1 aromatic heterocycles. The second-order valence-corrected chi connectivity index (χ2v) is 1.87. The highest BCUT2D eigenvalue weighted by atomic mass is 15.3. The summed E-state index contributed by atoms with van der Waals surface area (Å²) in [6, 6.07) is 0. The first-order chi connectivity index (χ1) is 4.33. The van der Waals surface area contributed by atoms with Gasteiger partial charge in [0.05, 0.1) is 0 Å². The van der Waals surface area contributed by atoms with Gasteiger partial charge in [0.2, 0.25) is 5.95 Å². The molecule has 1 rings (SSSR count). The third kappa shape index (κ3) is 1.42. The van der Waals surface area contributed by atoms with E-state index in [2.05, 4.69) is 17.0 Å². The molecule has 9 heavy (non-hydrogen) atoms. The van der Waals surface area contributed by atoms with Crippen LogP contribution in [0.25, 0.3) is 0 Å². The zero-order valence-corrected chi connectivity index (χ0v) is 5.41. The lowest BCUT2D eigenvalue weighted by Gasteiger charge is -1.91. The molecule has 4 heteroatoms. The largest absolute Gasteiger partial charge is 0.367 e. The topological polar surface area (TPSA) is 56.7 Å². The second kappa shape index (κ2) is 2.48. The van der Waals surface area contributed by atoms with Crippen molar-refractivity contribution in [1.82, 2.24) is 14.8 Å². The molecule has 0 saturated carbocycles. The summed E-state index contributed by atoms with van der Waals surface area (Å²) in [5.74, 6) is 0.350. The molecule has 0 aliphatic carbocycles. The monoisotopic (exact) mass is 126 g/mol. The highest BCUT2D eigenvalue weighted by molar-refractivity contribution is 5.08. The van der Waals surface area contributed by atoms with E-state index in [4.69, 9.17) is 5.73 Å². The molecule has 0 radical (unpaired) electrons. The van der Waals surface area contributed by atoms with E-state index in [1.54, 1.807) is 11.0 Å². The fourth-order valence-corrected chi connectivity index (χ4v) is 0.646. The highest BCUT2D eigenvalue weighted by Crippen LogP contribution is 1.90. The summed E-state index contributed by atoms with van der Waals surface area (Å²) in [5, 5.41) is 3.88. The minimum absolute atomic E-state index is 0.350. The van der Waals surface area contributed by atoms with Crippen molar-refractivity contribution >= 4 is 5.95 Å². The quantitative estimate of drug-likeness (QED) is 0.618. The number of anilines is 1. The van der Waals surface area contributed by atoms with E-state index in [-0.39, 0.29) is 0 Å². The van der Waals surface area contributed by atoms with Crippen LogP contribution in [0.1, 0.15) is 13.3 Å². The van der Waals surface area contributed by atoms with Crippen LogP contribution in [0.5, 0.6) is 0 Å². The first kappa shape index (κ1) is 6.07. The molecule has 1 aromatic rings. The number of rotatable bonds is 2. The van der Waals surface area contributed by atoms with Gasteiger partial charge in [-0.15, -0.1) is 5.10 Å². The Morgan fingerprint density at radius 3 is 3.00 bits per heavy atom. The Bertz CT molecular complexity index is 181. The van der Waals surface area contributed by atoms with Crippen molar-refractivity contribution in [1.29, 1.82) is 0 Å². The van der Waals surface area contributed by atoms with E-state index in [9.17, 15) is 0 Å². The van der Waals surface area contributed by atoms with Gasteiger partial charge in [0.15, 0.2) is 0 Å². The number of nitrogens with two attached hydrogens (primary N) is 1. The van der Waals surface area contributed by atoms with E-state index in [1.165, 1.54) is 0 Å². The summed E-state index contributed by atoms with van der Waals surface area (Å²) in [5.41, 5.74) is 5.27. The van der Waals surface area contributed by atoms with Crippen LogP contribution < -0.4 is 5.73 Å². The molecule has 4 nitrogen and oxygen atoms in total. The Kier molecular flexibility index (Phi) is 1.67. The third-order valence-electron chi connectivity index (χ3n) is 1.01. The Morgan fingerprint density at radius 2 is 2.56 bits per heavy atom. The highest BCUT2D eigenvalue weighted by Gasteiger charge is 1.90. The minimum Gasteiger partial charge on any atom is -0.367 e. The van der Waals surface area contributed by atoms with E-state index >= 15 is 0 Å². The lowest BCUT2D eigenvalue weighted by Crippen LogP contribution is -1.97. The van der Waals surface area contributed by atoms with Gasteiger partial charge >= 0.3 is 0 Å². The number of hydrogen-bond donors (Lipinski definition) is 1. The van der Waals surface area contributed by atoms with E-state index in [0.29, 0.717) is 5.95 Å². The molecular weight excluding hydrogens is 116 g/mol. The van der Waals surface area contributed by atoms with Crippen LogP contribution in [0.15, 0.2) is 6.33 Å². The molecule has 0 aliphatic heterocycles. The summed E-state index contributed by atoms with van der Waals surface area (Å²) < 4.78 is 1.73. The van der Waals surface area contributed by atoms with Gasteiger partial charge in [0.1, 0.15) is 6.33 Å². The number of aryl methyl sites for hydroxylation is 1. The van der Waals surface area contributed by atoms with Gasteiger partial charge in [0, 0.05) is 6.54 Å². The number of nitrogens with zero attached hydrogens (tertiary/aromatic N) is 3. The molecule has 0 aromatic carbocycles. The summed E-state index contributed by atoms with van der Waals surface area (Å²) in [4.78, 5) is 3.76. The van der Waals surface area contributed by atoms with Gasteiger partial charge in [0.25, 0.3) is 0 Å². The SMILES string of the molecule is CCCn1cnc(N)n1. The number of aromatic nitrogens is 3. The molecule has 0 aliphatic rings. The lowest BCUT2D eigenvalue weighted by molar-refractivity contribution is 0.603. The van der Waals surface area contributed by atoms with Gasteiger partial charge in [-0.05, 0) is 6.42 Å². The maximum Gasteiger partial charge on any atom is 0.239 e. The van der Waals surface area contributed by atoms with Gasteiger partial charge in [-0.2, -0.15) is 0 Å². The molecule has 0 atom stereocenters. The van der Waals surface area contributed by atoms with Crippen molar-refractivity contribution in [2.45, 2.75) is 19.9 Å². The van der Waals surface area contributed by atoms with Crippen LogP contribution >= 0.6 is 0 Å². The van der Waals surface area contributed by atoms with Crippen molar-refractivity contribution in [3.05, 3.63) is 6.33 Å². The lowest BCUT2D eigenvalue weighted by atomic mass is 10.5. The van der Waals surface area contributed by atoms with Crippen molar-refractivity contribution in [3.8, 4) is 0 Å². The van der Waals surface area contributed by atoms with Crippen LogP contribution in [-0.2, 0) is 6.54 Å². The maximum atomic E-state index is 5.27. The molecule has 0 saturated heterocycles. The van der Waals surface area contributed by atoms with E-state index in [1.807, 2.05) is 0 Å². The Hall–Kier alpha value is -1.06. The molecule has 50 valence electrons. The van der Waals surface area contributed by atoms with Crippen LogP contribution in [0.4, 0.5) is 5.95 Å². The smallest absolute Gasteiger partial charge is 0.239 e. The maximum absolute atomic E-state index is 5.27. The van der Waals surface area contributed by atoms with Gasteiger partial charge < -0.3 is 5.73 Å². The molecule has 0 unspecified atom stereocenters. The zero-order chi connectivity index (χ0) is 6.69. The summed E-state index contributed by atoms with van der Waals surface area (Å²) in [6.45, 7) is 2.97. The first-order valence-electron chi connectivity index (χ1n) is 2.98. The Labute approximate surface area is 53.7 Å². The number of hydrogen-bond acceptors (Lipinski definition) is 3. The number of nitrogen functional groups attached to an aromatic ring is 1. The molecule has 0 fully saturated rings. The molecule has 0 bridgehead atoms. The van der Waals surface area contributed by atoms with Gasteiger partial charge in [-0.1, -0.05) is 6.92 Å². The third-order valence-corrected chi connectivity index (χ3v) is 1.01. The standard InChI is InChI=1S/C5H10N4/c1-2-3-9-4-7-5(6)8-9/h4H,2-3H2,1H3,(H2,6,8). The molecule has 1 heterocycles. The summed E-state index contributed by atoms with van der Waals surface area (Å²) in [6.07, 6.45) is 2.70. The van der Waals surface area contributed by atoms with Crippen molar-refractivity contribution in [2.75, 3.05) is 5.73 Å². The second-order valence-electron chi connectivity index (χ2n) is 1.87. The average molecular weight is 126 g/mol. The Balaban J connectivity index is 2.61. The van der Waals surface area contributed by atoms with Crippen molar-refractivity contribution in [2.24, 2.45) is 0 Å². The fourth-order valence-electron chi connectivity index (χ4n) is 0.646. The molecule has 0 spiro atoms. The summed E-state index contributed by atoms with van der Waals surface area (Å²) >= 11 is 0. The van der Waals surface area contributed by atoms with Crippen LogP contribution in [0.3, 0.4) is 0 Å². The van der Waals surface area contributed by atoms with Gasteiger partial charge in [-0.25, -0.2) is 4.98 Å². The molecular formula is C5H10N4. The van der Waals surface area contributed by atoms with E-state index in [0.717, 1.165) is 13.0 Å². The molecule has 2 N–H and O–H groups in total. The predicted molar refractivity (Wildman–Crippen MR) is 34.7 cm³/mol. The van der Waals surface area contributed by atoms with Gasteiger partial charge in [-0.3, -0.25) is 4.68 Å². The van der Waals surface area contributed by atoms with E-state index < -0.39 is 0 Å². The zero-order valence-electron chi connectivity index (χ0n) is 5.41.